The Hall–Kier alpha value is -7.34. The first kappa shape index (κ1) is 33.8. The minimum Gasteiger partial charge on any atom is -0.454 e. The Morgan fingerprint density at radius 3 is 1.47 bits per heavy atom. The molecule has 12 aromatic rings. The zero-order chi connectivity index (χ0) is 39.2. The summed E-state index contributed by atoms with van der Waals surface area (Å²) in [7, 11) is 0. The molecule has 0 bridgehead atoms. The average Bonchev–Trinajstić information content (AvgIpc) is 3.97. The monoisotopic (exact) mass is 776 g/mol. The highest BCUT2D eigenvalue weighted by Crippen LogP contribution is 2.51. The number of para-hydroxylation sites is 6. The molecule has 0 aliphatic rings. The molecule has 12 rings (SSSR count). The molecule has 3 heterocycles. The van der Waals surface area contributed by atoms with Crippen molar-refractivity contribution in [3.05, 3.63) is 193 Å². The molecule has 0 amide bonds. The maximum Gasteiger partial charge on any atom is 0.159 e. The van der Waals surface area contributed by atoms with Crippen molar-refractivity contribution in [2.24, 2.45) is 0 Å². The van der Waals surface area contributed by atoms with Crippen LogP contribution in [-0.2, 0) is 0 Å². The third kappa shape index (κ3) is 5.15. The van der Waals surface area contributed by atoms with Gasteiger partial charge in [0.2, 0.25) is 0 Å². The lowest BCUT2D eigenvalue weighted by atomic mass is 9.99. The number of hydrogen-bond acceptors (Lipinski definition) is 5. The van der Waals surface area contributed by atoms with Crippen LogP contribution in [0.1, 0.15) is 11.1 Å². The molecule has 0 aliphatic heterocycles. The number of benzene rings is 9. The summed E-state index contributed by atoms with van der Waals surface area (Å²) < 4.78 is 15.8. The van der Waals surface area contributed by atoms with E-state index in [0.29, 0.717) is 0 Å². The van der Waals surface area contributed by atoms with Crippen molar-refractivity contribution in [2.45, 2.75) is 13.8 Å². The van der Waals surface area contributed by atoms with Crippen molar-refractivity contribution in [3.63, 3.8) is 0 Å². The number of rotatable bonds is 6. The van der Waals surface area contributed by atoms with Crippen molar-refractivity contribution in [3.8, 4) is 0 Å². The van der Waals surface area contributed by atoms with Gasteiger partial charge in [0.25, 0.3) is 0 Å². The number of thiophene rings is 1. The van der Waals surface area contributed by atoms with Gasteiger partial charge in [-0.1, -0.05) is 121 Å². The molecule has 0 saturated heterocycles. The normalized spacial score (nSPS) is 11.9. The highest BCUT2D eigenvalue weighted by molar-refractivity contribution is 7.26. The van der Waals surface area contributed by atoms with Gasteiger partial charge in [-0.2, -0.15) is 0 Å². The second-order valence-electron chi connectivity index (χ2n) is 15.3. The molecule has 9 aromatic carbocycles. The predicted molar refractivity (Wildman–Crippen MR) is 250 cm³/mol. The van der Waals surface area contributed by atoms with Crippen molar-refractivity contribution in [2.75, 3.05) is 9.80 Å². The van der Waals surface area contributed by atoms with Gasteiger partial charge in [-0.25, -0.2) is 0 Å². The van der Waals surface area contributed by atoms with Crippen molar-refractivity contribution < 1.29 is 8.83 Å². The lowest BCUT2D eigenvalue weighted by molar-refractivity contribution is 0.668. The smallest absolute Gasteiger partial charge is 0.159 e. The van der Waals surface area contributed by atoms with Gasteiger partial charge in [-0.15, -0.1) is 11.3 Å². The number of fused-ring (bicyclic) bond motifs is 11. The summed E-state index contributed by atoms with van der Waals surface area (Å²) in [4.78, 5) is 4.78. The third-order valence-corrected chi connectivity index (χ3v) is 13.0. The van der Waals surface area contributed by atoms with E-state index in [2.05, 4.69) is 194 Å². The Kier molecular flexibility index (Phi) is 7.50. The van der Waals surface area contributed by atoms with E-state index in [9.17, 15) is 0 Å². The maximum atomic E-state index is 6.71. The predicted octanol–water partition coefficient (Wildman–Crippen LogP) is 16.6. The summed E-state index contributed by atoms with van der Waals surface area (Å²) in [5.74, 6) is 0. The first-order valence-corrected chi connectivity index (χ1v) is 20.8. The van der Waals surface area contributed by atoms with Gasteiger partial charge in [0, 0.05) is 64.2 Å². The van der Waals surface area contributed by atoms with Gasteiger partial charge in [0.15, 0.2) is 11.2 Å². The number of furan rings is 2. The lowest BCUT2D eigenvalue weighted by Crippen LogP contribution is -2.12. The fraction of sp³-hybridized carbons (Fsp3) is 0.0370. The Morgan fingerprint density at radius 1 is 0.356 bits per heavy atom. The number of anilines is 6. The van der Waals surface area contributed by atoms with Crippen LogP contribution in [0.15, 0.2) is 191 Å². The zero-order valence-electron chi connectivity index (χ0n) is 32.4. The van der Waals surface area contributed by atoms with Crippen LogP contribution in [0.5, 0.6) is 0 Å². The summed E-state index contributed by atoms with van der Waals surface area (Å²) in [6.45, 7) is 4.37. The topological polar surface area (TPSA) is 32.8 Å². The largest absolute Gasteiger partial charge is 0.454 e. The van der Waals surface area contributed by atoms with Crippen molar-refractivity contribution in [1.29, 1.82) is 0 Å². The van der Waals surface area contributed by atoms with E-state index < -0.39 is 0 Å². The van der Waals surface area contributed by atoms with Gasteiger partial charge in [0.05, 0.1) is 17.1 Å². The maximum absolute atomic E-state index is 6.71. The molecule has 280 valence electrons. The van der Waals surface area contributed by atoms with Gasteiger partial charge in [-0.05, 0) is 91.0 Å². The molecule has 0 aliphatic carbocycles. The number of aryl methyl sites for hydroxylation is 2. The second kappa shape index (κ2) is 13.1. The van der Waals surface area contributed by atoms with Crippen molar-refractivity contribution >= 4 is 120 Å². The lowest BCUT2D eigenvalue weighted by Gasteiger charge is -2.28. The van der Waals surface area contributed by atoms with E-state index >= 15 is 0 Å². The minimum absolute atomic E-state index is 0.873. The van der Waals surface area contributed by atoms with Gasteiger partial charge < -0.3 is 18.6 Å². The molecule has 0 unspecified atom stereocenters. The van der Waals surface area contributed by atoms with E-state index in [1.165, 1.54) is 42.1 Å². The minimum atomic E-state index is 0.873. The fourth-order valence-electron chi connectivity index (χ4n) is 9.18. The third-order valence-electron chi connectivity index (χ3n) is 11.9. The molecule has 0 radical (unpaired) electrons. The van der Waals surface area contributed by atoms with Crippen LogP contribution in [0.2, 0.25) is 0 Å². The Bertz CT molecular complexity index is 3630. The first-order valence-electron chi connectivity index (χ1n) is 20.0. The number of nitrogens with zero attached hydrogens (tertiary/aromatic N) is 2. The zero-order valence-corrected chi connectivity index (χ0v) is 33.3. The summed E-state index contributed by atoms with van der Waals surface area (Å²) in [5, 5.41) is 9.30. The van der Waals surface area contributed by atoms with E-state index in [1.807, 2.05) is 23.5 Å². The molecule has 4 nitrogen and oxygen atoms in total. The van der Waals surface area contributed by atoms with Crippen LogP contribution in [0, 0.1) is 13.8 Å². The van der Waals surface area contributed by atoms with Gasteiger partial charge in [0.1, 0.15) is 11.2 Å². The molecular formula is C54H36N2O2S. The summed E-state index contributed by atoms with van der Waals surface area (Å²) in [5.41, 5.74) is 12.3. The van der Waals surface area contributed by atoms with E-state index in [-0.39, 0.29) is 0 Å². The van der Waals surface area contributed by atoms with Crippen LogP contribution < -0.4 is 9.80 Å². The standard InChI is InChI=1S/C54H36N2O2S/c1-33-15-3-9-23-43(33)55(45-25-13-21-40-37-18-7-11-27-48(37)57-53(40)45)35-29-30-50-42(31-35)52-39-20-6-5-17-36(39)47(32-51(52)59-50)56(44-24-10-4-16-34(44)2)46-26-14-22-41-38-19-8-12-28-49(38)58-54(41)46/h3-32H,1-2H3. The average molecular weight is 777 g/mol. The highest BCUT2D eigenvalue weighted by atomic mass is 32.1. The SMILES string of the molecule is Cc1ccccc1N(c1ccc2sc3cc(N(c4ccccc4C)c4cccc5c4oc4ccccc45)c4ccccc4c3c2c1)c1cccc2c1oc1ccccc12. The molecule has 3 aromatic heterocycles. The Labute approximate surface area is 344 Å². The van der Waals surface area contributed by atoms with Crippen LogP contribution in [0.3, 0.4) is 0 Å². The Balaban J connectivity index is 1.12. The summed E-state index contributed by atoms with van der Waals surface area (Å²) >= 11 is 1.84. The molecule has 0 saturated carbocycles. The summed E-state index contributed by atoms with van der Waals surface area (Å²) in [6.07, 6.45) is 0. The number of hydrogen-bond donors (Lipinski definition) is 0. The molecule has 5 heteroatoms. The fourth-order valence-corrected chi connectivity index (χ4v) is 10.3. The highest BCUT2D eigenvalue weighted by Gasteiger charge is 2.25. The van der Waals surface area contributed by atoms with Crippen LogP contribution in [0.4, 0.5) is 34.1 Å². The molecule has 0 atom stereocenters. The van der Waals surface area contributed by atoms with Gasteiger partial charge in [-0.3, -0.25) is 0 Å². The van der Waals surface area contributed by atoms with E-state index in [4.69, 9.17) is 8.83 Å². The quantitative estimate of drug-likeness (QED) is 0.168. The second-order valence-corrected chi connectivity index (χ2v) is 16.4. The van der Waals surface area contributed by atoms with E-state index in [0.717, 1.165) is 78.0 Å². The molecule has 0 fully saturated rings. The van der Waals surface area contributed by atoms with Crippen molar-refractivity contribution in [1.82, 2.24) is 0 Å². The molecule has 0 spiro atoms. The van der Waals surface area contributed by atoms with Crippen LogP contribution in [0.25, 0.3) is 74.8 Å². The molecular weight excluding hydrogens is 741 g/mol. The summed E-state index contributed by atoms with van der Waals surface area (Å²) in [6, 6.07) is 65.1. The van der Waals surface area contributed by atoms with Gasteiger partial charge >= 0.3 is 0 Å². The first-order chi connectivity index (χ1) is 29.1. The van der Waals surface area contributed by atoms with E-state index in [1.54, 1.807) is 0 Å². The van der Waals surface area contributed by atoms with Crippen LogP contribution in [-0.4, -0.2) is 0 Å². The Morgan fingerprint density at radius 2 is 0.847 bits per heavy atom. The van der Waals surface area contributed by atoms with Crippen LogP contribution >= 0.6 is 11.3 Å². The molecule has 0 N–H and O–H groups in total. The molecule has 59 heavy (non-hydrogen) atoms.